The Bertz CT molecular complexity index is 1360. The van der Waals surface area contributed by atoms with Crippen LogP contribution in [-0.4, -0.2) is 65.9 Å². The van der Waals surface area contributed by atoms with E-state index >= 15 is 0 Å². The van der Waals surface area contributed by atoms with Crippen molar-refractivity contribution >= 4 is 35.4 Å². The first-order valence-electron chi connectivity index (χ1n) is 15.9. The summed E-state index contributed by atoms with van der Waals surface area (Å²) in [6, 6.07) is 13.8. The van der Waals surface area contributed by atoms with Gasteiger partial charge in [-0.2, -0.15) is 0 Å². The standard InChI is InChI=1S/C36H49ClN2O8/c1-23(2)18-31(34(43)44)47-35(45)36(4,5)22-38-33(42)28(20-26-16-17-30(46-6)27(37)19-26)39-32(41)15-11-10-12-24(3)29(40)21-25-13-8-7-9-14-25/h7-9,11,13-17,19,23-24,28-29,31,40H,10,12,18,20-22H2,1-6H3,(H,38,42)(H,39,41)(H,43,44)/b15-11+/t24-,28+,29-,31-/m0/s1. The van der Waals surface area contributed by atoms with E-state index in [1.165, 1.54) is 13.2 Å². The van der Waals surface area contributed by atoms with Crippen molar-refractivity contribution in [1.29, 1.82) is 0 Å². The van der Waals surface area contributed by atoms with Gasteiger partial charge in [0.1, 0.15) is 11.8 Å². The Morgan fingerprint density at radius 3 is 2.28 bits per heavy atom. The summed E-state index contributed by atoms with van der Waals surface area (Å²) in [5.41, 5.74) is 0.471. The van der Waals surface area contributed by atoms with E-state index in [9.17, 15) is 29.4 Å². The molecule has 0 spiro atoms. The topological polar surface area (TPSA) is 151 Å². The van der Waals surface area contributed by atoms with Crippen LogP contribution in [0.5, 0.6) is 5.75 Å². The van der Waals surface area contributed by atoms with Crippen molar-refractivity contribution in [3.63, 3.8) is 0 Å². The van der Waals surface area contributed by atoms with E-state index in [0.717, 1.165) is 5.56 Å². The summed E-state index contributed by atoms with van der Waals surface area (Å²) in [4.78, 5) is 50.8. The van der Waals surface area contributed by atoms with Crippen LogP contribution in [0.3, 0.4) is 0 Å². The molecule has 0 bridgehead atoms. The highest BCUT2D eigenvalue weighted by atomic mass is 35.5. The molecule has 47 heavy (non-hydrogen) atoms. The lowest BCUT2D eigenvalue weighted by atomic mass is 9.93. The van der Waals surface area contributed by atoms with Crippen molar-refractivity contribution in [3.05, 3.63) is 76.8 Å². The number of halogens is 1. The predicted molar refractivity (Wildman–Crippen MR) is 181 cm³/mol. The Labute approximate surface area is 282 Å². The summed E-state index contributed by atoms with van der Waals surface area (Å²) in [5, 5.41) is 25.8. The molecular formula is C36H49ClN2O8. The van der Waals surface area contributed by atoms with Crippen LogP contribution < -0.4 is 15.4 Å². The number of carbonyl (C=O) groups is 4. The maximum atomic E-state index is 13.4. The number of carboxylic acid groups (broad SMARTS) is 1. The molecule has 2 aromatic rings. The van der Waals surface area contributed by atoms with Crippen LogP contribution in [0.15, 0.2) is 60.7 Å². The van der Waals surface area contributed by atoms with E-state index in [4.69, 9.17) is 21.1 Å². The SMILES string of the molecule is COc1ccc(C[C@@H](NC(=O)/C=C/CC[C@H](C)[C@@H](O)Cc2ccccc2)C(=O)NCC(C)(C)C(=O)O[C@@H](CC(C)C)C(=O)O)cc1Cl. The first-order valence-corrected chi connectivity index (χ1v) is 16.2. The second-order valence-corrected chi connectivity index (χ2v) is 13.3. The van der Waals surface area contributed by atoms with Gasteiger partial charge in [-0.3, -0.25) is 14.4 Å². The van der Waals surface area contributed by atoms with Crippen LogP contribution in [0, 0.1) is 17.3 Å². The minimum atomic E-state index is -1.30. The molecule has 0 aliphatic carbocycles. The number of amides is 2. The molecule has 0 saturated carbocycles. The number of hydrogen-bond donors (Lipinski definition) is 4. The molecule has 11 heteroatoms. The van der Waals surface area contributed by atoms with Gasteiger partial charge in [0.2, 0.25) is 11.8 Å². The minimum Gasteiger partial charge on any atom is -0.495 e. The number of aliphatic hydroxyl groups excluding tert-OH is 1. The zero-order chi connectivity index (χ0) is 35.1. The number of nitrogens with one attached hydrogen (secondary N) is 2. The van der Waals surface area contributed by atoms with Crippen molar-refractivity contribution in [3.8, 4) is 5.75 Å². The number of aliphatic carboxylic acids is 1. The summed E-state index contributed by atoms with van der Waals surface area (Å²) in [6.45, 7) is 8.54. The van der Waals surface area contributed by atoms with Crippen molar-refractivity contribution in [2.24, 2.45) is 17.3 Å². The summed E-state index contributed by atoms with van der Waals surface area (Å²) < 4.78 is 10.5. The quantitative estimate of drug-likeness (QED) is 0.118. The molecule has 0 radical (unpaired) electrons. The monoisotopic (exact) mass is 672 g/mol. The molecule has 0 unspecified atom stereocenters. The number of esters is 1. The van der Waals surface area contributed by atoms with Gasteiger partial charge in [-0.1, -0.05) is 74.8 Å². The van der Waals surface area contributed by atoms with Gasteiger partial charge in [0.15, 0.2) is 6.10 Å². The third-order valence-corrected chi connectivity index (χ3v) is 8.05. The number of carbonyl (C=O) groups excluding carboxylic acids is 3. The highest BCUT2D eigenvalue weighted by Crippen LogP contribution is 2.26. The summed E-state index contributed by atoms with van der Waals surface area (Å²) >= 11 is 6.29. The normalized spacial score (nSPS) is 14.2. The molecule has 2 aromatic carbocycles. The molecule has 0 aromatic heterocycles. The Morgan fingerprint density at radius 1 is 1.00 bits per heavy atom. The summed E-state index contributed by atoms with van der Waals surface area (Å²) in [5.74, 6) is -2.58. The van der Waals surface area contributed by atoms with Gasteiger partial charge in [-0.25, -0.2) is 4.79 Å². The third kappa shape index (κ3) is 13.8. The Hall–Kier alpha value is -3.89. The van der Waals surface area contributed by atoms with Crippen LogP contribution in [-0.2, 0) is 36.8 Å². The van der Waals surface area contributed by atoms with Gasteiger partial charge in [-0.05, 0) is 80.7 Å². The van der Waals surface area contributed by atoms with E-state index in [0.29, 0.717) is 35.6 Å². The molecule has 4 atom stereocenters. The van der Waals surface area contributed by atoms with Gasteiger partial charge in [-0.15, -0.1) is 0 Å². The lowest BCUT2D eigenvalue weighted by Gasteiger charge is -2.27. The molecule has 0 aliphatic heterocycles. The molecule has 2 rings (SSSR count). The first kappa shape index (κ1) is 39.3. The fourth-order valence-corrected chi connectivity index (χ4v) is 5.00. The number of hydrogen-bond acceptors (Lipinski definition) is 7. The molecular weight excluding hydrogens is 624 g/mol. The van der Waals surface area contributed by atoms with Gasteiger partial charge in [0, 0.05) is 13.0 Å². The average molecular weight is 673 g/mol. The van der Waals surface area contributed by atoms with Crippen molar-refractivity contribution in [2.45, 2.75) is 85.0 Å². The molecule has 10 nitrogen and oxygen atoms in total. The number of rotatable bonds is 19. The fraction of sp³-hybridized carbons (Fsp3) is 0.500. The number of allylic oxidation sites excluding steroid dienone is 1. The Morgan fingerprint density at radius 2 is 1.68 bits per heavy atom. The number of carboxylic acids is 1. The fourth-order valence-electron chi connectivity index (χ4n) is 4.72. The number of ether oxygens (including phenoxy) is 2. The maximum absolute atomic E-state index is 13.4. The van der Waals surface area contributed by atoms with Crippen molar-refractivity contribution in [1.82, 2.24) is 10.6 Å². The Kier molecular flexibility index (Phi) is 15.9. The lowest BCUT2D eigenvalue weighted by Crippen LogP contribution is -2.51. The number of methoxy groups -OCH3 is 1. The Balaban J connectivity index is 2.06. The second kappa shape index (κ2) is 19.1. The van der Waals surface area contributed by atoms with E-state index in [1.54, 1.807) is 38.1 Å². The molecule has 4 N–H and O–H groups in total. The van der Waals surface area contributed by atoms with Gasteiger partial charge in [0.25, 0.3) is 0 Å². The van der Waals surface area contributed by atoms with Crippen LogP contribution in [0.2, 0.25) is 5.02 Å². The van der Waals surface area contributed by atoms with Crippen molar-refractivity contribution < 1.29 is 38.9 Å². The minimum absolute atomic E-state index is 0.00691. The molecule has 0 aliphatic rings. The molecule has 258 valence electrons. The summed E-state index contributed by atoms with van der Waals surface area (Å²) in [6.07, 6.45) is 3.26. The lowest BCUT2D eigenvalue weighted by molar-refractivity contribution is -0.171. The maximum Gasteiger partial charge on any atom is 0.345 e. The predicted octanol–water partition coefficient (Wildman–Crippen LogP) is 5.14. The summed E-state index contributed by atoms with van der Waals surface area (Å²) in [7, 11) is 1.49. The van der Waals surface area contributed by atoms with Crippen LogP contribution in [0.25, 0.3) is 0 Å². The van der Waals surface area contributed by atoms with E-state index < -0.39 is 47.4 Å². The zero-order valence-corrected chi connectivity index (χ0v) is 28.9. The van der Waals surface area contributed by atoms with Gasteiger partial charge < -0.3 is 30.3 Å². The van der Waals surface area contributed by atoms with E-state index in [-0.39, 0.29) is 31.2 Å². The zero-order valence-electron chi connectivity index (χ0n) is 28.1. The molecule has 0 fully saturated rings. The smallest absolute Gasteiger partial charge is 0.345 e. The number of benzene rings is 2. The first-order chi connectivity index (χ1) is 22.1. The molecule has 0 saturated heterocycles. The van der Waals surface area contributed by atoms with E-state index in [1.807, 2.05) is 51.1 Å². The highest BCUT2D eigenvalue weighted by molar-refractivity contribution is 6.32. The van der Waals surface area contributed by atoms with E-state index in [2.05, 4.69) is 10.6 Å². The number of aliphatic hydroxyl groups is 1. The molecule has 2 amide bonds. The molecule has 0 heterocycles. The van der Waals surface area contributed by atoms with Crippen LogP contribution in [0.1, 0.15) is 65.0 Å². The highest BCUT2D eigenvalue weighted by Gasteiger charge is 2.35. The van der Waals surface area contributed by atoms with Crippen LogP contribution in [0.4, 0.5) is 0 Å². The second-order valence-electron chi connectivity index (χ2n) is 12.9. The van der Waals surface area contributed by atoms with Crippen molar-refractivity contribution in [2.75, 3.05) is 13.7 Å². The van der Waals surface area contributed by atoms with Crippen LogP contribution >= 0.6 is 11.6 Å². The largest absolute Gasteiger partial charge is 0.495 e. The van der Waals surface area contributed by atoms with Gasteiger partial charge in [0.05, 0.1) is 23.7 Å². The van der Waals surface area contributed by atoms with Gasteiger partial charge >= 0.3 is 11.9 Å². The third-order valence-electron chi connectivity index (χ3n) is 7.76. The average Bonchev–Trinajstić information content (AvgIpc) is 3.01.